The molecule has 0 aliphatic carbocycles. The number of rotatable bonds is 9. The normalized spacial score (nSPS) is 12.3. The molecule has 0 atom stereocenters. The van der Waals surface area contributed by atoms with Gasteiger partial charge in [-0.3, -0.25) is 18.6 Å². The molecule has 2 rings (SSSR count). The lowest BCUT2D eigenvalue weighted by molar-refractivity contribution is -0.117. The van der Waals surface area contributed by atoms with Crippen molar-refractivity contribution in [1.29, 1.82) is 0 Å². The van der Waals surface area contributed by atoms with Crippen LogP contribution in [0.2, 0.25) is 0 Å². The molecular weight excluding hydrogens is 442 g/mol. The molecule has 0 fully saturated rings. The first-order valence-electron chi connectivity index (χ1n) is 10.7. The first kappa shape index (κ1) is 26.5. The molecule has 0 aromatic heterocycles. The van der Waals surface area contributed by atoms with Crippen molar-refractivity contribution >= 4 is 39.0 Å². The first-order chi connectivity index (χ1) is 15.1. The molecule has 0 saturated heterocycles. The van der Waals surface area contributed by atoms with E-state index < -0.39 is 10.1 Å². The molecule has 8 nitrogen and oxygen atoms in total. The molecule has 2 aromatic rings. The number of nitrogens with one attached hydrogen (secondary N) is 2. The molecule has 0 bridgehead atoms. The summed E-state index contributed by atoms with van der Waals surface area (Å²) >= 11 is 0. The van der Waals surface area contributed by atoms with Gasteiger partial charge >= 0.3 is 0 Å². The maximum atomic E-state index is 12.6. The quantitative estimate of drug-likeness (QED) is 0.372. The average molecular weight is 477 g/mol. The molecule has 9 heteroatoms. The fraction of sp³-hybridized carbons (Fsp3) is 0.417. The SMILES string of the molecule is CC(C)(C)CC(=O)Nc1ccc(C(=O)Nc2ccc([N+](C)(C)CCCS(=O)(=O)O)cc2)cc1. The van der Waals surface area contributed by atoms with Gasteiger partial charge < -0.3 is 10.6 Å². The highest BCUT2D eigenvalue weighted by Gasteiger charge is 2.20. The maximum Gasteiger partial charge on any atom is 0.265 e. The molecule has 180 valence electrons. The lowest BCUT2D eigenvalue weighted by atomic mass is 9.92. The zero-order valence-electron chi connectivity index (χ0n) is 19.9. The molecule has 0 saturated carbocycles. The standard InChI is InChI=1S/C24H33N3O5S/c1-24(2,3)17-22(28)25-19-9-7-18(8-10-19)23(29)26-20-11-13-21(14-12-20)27(4,5)15-6-16-33(30,31)32/h7-14H,6,15-17H2,1-5H3,(H2-,25,26,28,29,30,31,32)/p+1. The summed E-state index contributed by atoms with van der Waals surface area (Å²) < 4.78 is 31.2. The summed E-state index contributed by atoms with van der Waals surface area (Å²) in [5, 5.41) is 5.68. The van der Waals surface area contributed by atoms with Gasteiger partial charge in [0.2, 0.25) is 5.91 Å². The summed E-state index contributed by atoms with van der Waals surface area (Å²) in [6, 6.07) is 14.0. The summed E-state index contributed by atoms with van der Waals surface area (Å²) in [5.74, 6) is -0.613. The molecule has 3 N–H and O–H groups in total. The van der Waals surface area contributed by atoms with E-state index in [1.165, 1.54) is 0 Å². The molecular formula is C24H34N3O5S+. The Morgan fingerprint density at radius 3 is 1.94 bits per heavy atom. The molecule has 33 heavy (non-hydrogen) atoms. The van der Waals surface area contributed by atoms with Gasteiger partial charge in [0.25, 0.3) is 16.0 Å². The van der Waals surface area contributed by atoms with Gasteiger partial charge in [0.1, 0.15) is 5.69 Å². The third-order valence-corrected chi connectivity index (χ3v) is 5.87. The summed E-state index contributed by atoms with van der Waals surface area (Å²) in [7, 11) is -0.0820. The Morgan fingerprint density at radius 2 is 1.42 bits per heavy atom. The van der Waals surface area contributed by atoms with Crippen molar-refractivity contribution in [3.8, 4) is 0 Å². The number of anilines is 2. The number of hydrogen-bond donors (Lipinski definition) is 3. The van der Waals surface area contributed by atoms with Crippen LogP contribution in [0.4, 0.5) is 17.1 Å². The van der Waals surface area contributed by atoms with Crippen LogP contribution in [0, 0.1) is 5.41 Å². The minimum atomic E-state index is -3.97. The maximum absolute atomic E-state index is 12.6. The van der Waals surface area contributed by atoms with Crippen LogP contribution in [0.5, 0.6) is 0 Å². The second-order valence-electron chi connectivity index (χ2n) is 9.91. The van der Waals surface area contributed by atoms with Gasteiger partial charge in [0, 0.05) is 41.9 Å². The van der Waals surface area contributed by atoms with Crippen LogP contribution >= 0.6 is 0 Å². The minimum Gasteiger partial charge on any atom is -0.326 e. The van der Waals surface area contributed by atoms with Crippen molar-refractivity contribution < 1.29 is 22.6 Å². The Balaban J connectivity index is 1.95. The van der Waals surface area contributed by atoms with E-state index in [4.69, 9.17) is 4.55 Å². The average Bonchev–Trinajstić information content (AvgIpc) is 2.66. The van der Waals surface area contributed by atoms with Gasteiger partial charge in [-0.05, 0) is 41.8 Å². The lowest BCUT2D eigenvalue weighted by Gasteiger charge is -2.29. The molecule has 0 heterocycles. The molecule has 2 aromatic carbocycles. The van der Waals surface area contributed by atoms with Crippen LogP contribution in [0.1, 0.15) is 44.0 Å². The van der Waals surface area contributed by atoms with Crippen molar-refractivity contribution in [1.82, 2.24) is 4.48 Å². The van der Waals surface area contributed by atoms with Crippen LogP contribution in [0.3, 0.4) is 0 Å². The fourth-order valence-corrected chi connectivity index (χ4v) is 3.81. The van der Waals surface area contributed by atoms with Crippen LogP contribution in [-0.2, 0) is 14.9 Å². The van der Waals surface area contributed by atoms with Crippen molar-refractivity contribution in [2.45, 2.75) is 33.6 Å². The van der Waals surface area contributed by atoms with Gasteiger partial charge in [0.15, 0.2) is 0 Å². The van der Waals surface area contributed by atoms with E-state index in [2.05, 4.69) is 10.6 Å². The van der Waals surface area contributed by atoms with Crippen molar-refractivity contribution in [2.75, 3.05) is 37.0 Å². The zero-order valence-corrected chi connectivity index (χ0v) is 20.7. The Bertz CT molecular complexity index is 1070. The molecule has 0 aliphatic rings. The monoisotopic (exact) mass is 476 g/mol. The van der Waals surface area contributed by atoms with Gasteiger partial charge in [-0.2, -0.15) is 8.42 Å². The molecule has 0 radical (unpaired) electrons. The Morgan fingerprint density at radius 1 is 0.909 bits per heavy atom. The van der Waals surface area contributed by atoms with E-state index >= 15 is 0 Å². The number of amides is 2. The van der Waals surface area contributed by atoms with Gasteiger partial charge in [-0.15, -0.1) is 0 Å². The van der Waals surface area contributed by atoms with E-state index in [9.17, 15) is 18.0 Å². The van der Waals surface area contributed by atoms with E-state index in [1.54, 1.807) is 36.4 Å². The number of carbonyl (C=O) groups is 2. The lowest BCUT2D eigenvalue weighted by Crippen LogP contribution is -2.41. The third-order valence-electron chi connectivity index (χ3n) is 5.07. The Kier molecular flexibility index (Phi) is 8.40. The minimum absolute atomic E-state index is 0.0703. The van der Waals surface area contributed by atoms with Gasteiger partial charge in [-0.1, -0.05) is 20.8 Å². The molecule has 0 spiro atoms. The second kappa shape index (κ2) is 10.5. The van der Waals surface area contributed by atoms with Crippen LogP contribution in [0.15, 0.2) is 48.5 Å². The molecule has 2 amide bonds. The third kappa shape index (κ3) is 9.33. The van der Waals surface area contributed by atoms with Crippen LogP contribution in [-0.4, -0.2) is 51.2 Å². The van der Waals surface area contributed by atoms with Crippen LogP contribution in [0.25, 0.3) is 0 Å². The highest BCUT2D eigenvalue weighted by Crippen LogP contribution is 2.23. The largest absolute Gasteiger partial charge is 0.326 e. The number of hydrogen-bond acceptors (Lipinski definition) is 4. The summed E-state index contributed by atoms with van der Waals surface area (Å²) in [6.45, 7) is 6.52. The smallest absolute Gasteiger partial charge is 0.265 e. The first-order valence-corrected chi connectivity index (χ1v) is 12.4. The Labute approximate surface area is 196 Å². The fourth-order valence-electron chi connectivity index (χ4n) is 3.31. The summed E-state index contributed by atoms with van der Waals surface area (Å²) in [6.07, 6.45) is 0.734. The topological polar surface area (TPSA) is 113 Å². The molecule has 0 unspecified atom stereocenters. The number of carbonyl (C=O) groups excluding carboxylic acids is 2. The van der Waals surface area contributed by atoms with E-state index in [0.29, 0.717) is 40.8 Å². The van der Waals surface area contributed by atoms with Crippen molar-refractivity contribution in [3.63, 3.8) is 0 Å². The van der Waals surface area contributed by atoms with E-state index in [-0.39, 0.29) is 23.0 Å². The molecule has 0 aliphatic heterocycles. The highest BCUT2D eigenvalue weighted by atomic mass is 32.2. The highest BCUT2D eigenvalue weighted by molar-refractivity contribution is 7.85. The summed E-state index contributed by atoms with van der Waals surface area (Å²) in [4.78, 5) is 24.6. The zero-order chi connectivity index (χ0) is 24.9. The van der Waals surface area contributed by atoms with E-state index in [1.807, 2.05) is 47.0 Å². The predicted octanol–water partition coefficient (Wildman–Crippen LogP) is 4.16. The number of quaternary nitrogens is 1. The van der Waals surface area contributed by atoms with Crippen LogP contribution < -0.4 is 15.1 Å². The number of nitrogens with zero attached hydrogens (tertiary/aromatic N) is 1. The predicted molar refractivity (Wildman–Crippen MR) is 133 cm³/mol. The second-order valence-corrected chi connectivity index (χ2v) is 11.5. The van der Waals surface area contributed by atoms with Gasteiger partial charge in [-0.25, -0.2) is 0 Å². The van der Waals surface area contributed by atoms with E-state index in [0.717, 1.165) is 5.69 Å². The number of benzene rings is 2. The van der Waals surface area contributed by atoms with Gasteiger partial charge in [0.05, 0.1) is 26.4 Å². The van der Waals surface area contributed by atoms with Crippen molar-refractivity contribution in [3.05, 3.63) is 54.1 Å². The summed E-state index contributed by atoms with van der Waals surface area (Å²) in [5.41, 5.74) is 2.57. The Hall–Kier alpha value is -2.75. The van der Waals surface area contributed by atoms with Crippen molar-refractivity contribution in [2.24, 2.45) is 5.41 Å².